The average molecular weight is 294 g/mol. The highest BCUT2D eigenvalue weighted by Gasteiger charge is 2.21. The van der Waals surface area contributed by atoms with Crippen LogP contribution in [-0.4, -0.2) is 37.2 Å². The van der Waals surface area contributed by atoms with Crippen molar-refractivity contribution in [1.29, 1.82) is 0 Å². The van der Waals surface area contributed by atoms with Gasteiger partial charge >= 0.3 is 0 Å². The number of likely N-dealkylation sites (tertiary alicyclic amines) is 1. The molecule has 0 aromatic carbocycles. The summed E-state index contributed by atoms with van der Waals surface area (Å²) >= 11 is 1.96. The number of methoxy groups -OCH3 is 1. The Kier molecular flexibility index (Phi) is 4.76. The van der Waals surface area contributed by atoms with Crippen molar-refractivity contribution in [3.63, 3.8) is 0 Å². The fourth-order valence-electron chi connectivity index (χ4n) is 2.91. The molecule has 20 heavy (non-hydrogen) atoms. The summed E-state index contributed by atoms with van der Waals surface area (Å²) in [6.45, 7) is 6.78. The molecule has 2 aliphatic rings. The summed E-state index contributed by atoms with van der Waals surface area (Å²) in [4.78, 5) is 5.56. The maximum Gasteiger partial charge on any atom is 0.0595 e. The van der Waals surface area contributed by atoms with Gasteiger partial charge in [-0.1, -0.05) is 0 Å². The van der Waals surface area contributed by atoms with Crippen molar-refractivity contribution in [1.82, 2.24) is 10.2 Å². The van der Waals surface area contributed by atoms with E-state index in [4.69, 9.17) is 4.74 Å². The Hall–Kier alpha value is -0.420. The smallest absolute Gasteiger partial charge is 0.0595 e. The summed E-state index contributed by atoms with van der Waals surface area (Å²) in [5, 5.41) is 3.61. The van der Waals surface area contributed by atoms with Crippen LogP contribution in [0.3, 0.4) is 0 Å². The zero-order valence-corrected chi connectivity index (χ0v) is 13.5. The van der Waals surface area contributed by atoms with Crippen LogP contribution >= 0.6 is 11.3 Å². The molecule has 112 valence electrons. The lowest BCUT2D eigenvalue weighted by atomic mass is 10.1. The SMILES string of the molecule is COC1CCN(Cc2cc(CNC3CC3)sc2C)CC1. The van der Waals surface area contributed by atoms with Gasteiger partial charge in [0.25, 0.3) is 0 Å². The van der Waals surface area contributed by atoms with Crippen LogP contribution in [-0.2, 0) is 17.8 Å². The fourth-order valence-corrected chi connectivity index (χ4v) is 3.91. The third-order valence-corrected chi connectivity index (χ3v) is 5.57. The average Bonchev–Trinajstić information content (AvgIpc) is 3.23. The molecule has 4 heteroatoms. The first kappa shape index (κ1) is 14.5. The number of ether oxygens (including phenoxy) is 1. The minimum atomic E-state index is 0.480. The van der Waals surface area contributed by atoms with Gasteiger partial charge in [-0.2, -0.15) is 0 Å². The molecule has 1 aliphatic heterocycles. The summed E-state index contributed by atoms with van der Waals surface area (Å²) in [6.07, 6.45) is 5.57. The molecule has 1 aromatic heterocycles. The van der Waals surface area contributed by atoms with Crippen molar-refractivity contribution < 1.29 is 4.74 Å². The number of hydrogen-bond donors (Lipinski definition) is 1. The van der Waals surface area contributed by atoms with E-state index in [0.717, 1.165) is 19.1 Å². The molecule has 0 radical (unpaired) electrons. The number of nitrogens with one attached hydrogen (secondary N) is 1. The lowest BCUT2D eigenvalue weighted by molar-refractivity contribution is 0.0388. The number of rotatable bonds is 6. The van der Waals surface area contributed by atoms with E-state index in [2.05, 4.69) is 23.2 Å². The molecular weight excluding hydrogens is 268 g/mol. The lowest BCUT2D eigenvalue weighted by Crippen LogP contribution is -2.36. The van der Waals surface area contributed by atoms with Crippen LogP contribution in [0.15, 0.2) is 6.07 Å². The molecule has 1 N–H and O–H groups in total. The number of hydrogen-bond acceptors (Lipinski definition) is 4. The minimum absolute atomic E-state index is 0.480. The Morgan fingerprint density at radius 2 is 2.05 bits per heavy atom. The summed E-state index contributed by atoms with van der Waals surface area (Å²) in [5.74, 6) is 0. The fraction of sp³-hybridized carbons (Fsp3) is 0.750. The topological polar surface area (TPSA) is 24.5 Å². The van der Waals surface area contributed by atoms with Gasteiger partial charge in [-0.05, 0) is 44.2 Å². The second kappa shape index (κ2) is 6.56. The van der Waals surface area contributed by atoms with Gasteiger partial charge in [0.2, 0.25) is 0 Å². The van der Waals surface area contributed by atoms with E-state index in [0.29, 0.717) is 6.10 Å². The number of thiophene rings is 1. The second-order valence-corrected chi connectivity index (χ2v) is 7.50. The van der Waals surface area contributed by atoms with Crippen LogP contribution in [0.2, 0.25) is 0 Å². The summed E-state index contributed by atoms with van der Waals surface area (Å²) in [7, 11) is 1.84. The van der Waals surface area contributed by atoms with Gasteiger partial charge in [0.15, 0.2) is 0 Å². The summed E-state index contributed by atoms with van der Waals surface area (Å²) < 4.78 is 5.44. The first-order chi connectivity index (χ1) is 9.74. The molecular formula is C16H26N2OS. The predicted molar refractivity (Wildman–Crippen MR) is 84.2 cm³/mol. The molecule has 1 aromatic rings. The Bertz CT molecular complexity index is 434. The van der Waals surface area contributed by atoms with Gasteiger partial charge in [-0.3, -0.25) is 4.90 Å². The van der Waals surface area contributed by atoms with Crippen molar-refractivity contribution in [2.75, 3.05) is 20.2 Å². The van der Waals surface area contributed by atoms with Crippen molar-refractivity contribution in [2.45, 2.75) is 57.8 Å². The van der Waals surface area contributed by atoms with E-state index in [1.54, 1.807) is 0 Å². The van der Waals surface area contributed by atoms with E-state index in [9.17, 15) is 0 Å². The molecule has 0 atom stereocenters. The van der Waals surface area contributed by atoms with Crippen LogP contribution in [0.1, 0.15) is 41.0 Å². The molecule has 1 aliphatic carbocycles. The van der Waals surface area contributed by atoms with Gasteiger partial charge in [0.1, 0.15) is 0 Å². The van der Waals surface area contributed by atoms with Crippen LogP contribution in [0.4, 0.5) is 0 Å². The molecule has 3 rings (SSSR count). The van der Waals surface area contributed by atoms with Gasteiger partial charge < -0.3 is 10.1 Å². The predicted octanol–water partition coefficient (Wildman–Crippen LogP) is 2.92. The van der Waals surface area contributed by atoms with Crippen molar-refractivity contribution >= 4 is 11.3 Å². The van der Waals surface area contributed by atoms with Crippen LogP contribution in [0, 0.1) is 6.92 Å². The monoisotopic (exact) mass is 294 g/mol. The zero-order valence-electron chi connectivity index (χ0n) is 12.7. The van der Waals surface area contributed by atoms with Gasteiger partial charge in [-0.25, -0.2) is 0 Å². The van der Waals surface area contributed by atoms with E-state index < -0.39 is 0 Å². The van der Waals surface area contributed by atoms with Crippen LogP contribution in [0.5, 0.6) is 0 Å². The Labute approximate surface area is 126 Å². The third-order valence-electron chi connectivity index (χ3n) is 4.48. The molecule has 0 bridgehead atoms. The maximum atomic E-state index is 5.44. The maximum absolute atomic E-state index is 5.44. The zero-order chi connectivity index (χ0) is 13.9. The highest BCUT2D eigenvalue weighted by Crippen LogP contribution is 2.26. The number of piperidine rings is 1. The summed E-state index contributed by atoms with van der Waals surface area (Å²) in [5.41, 5.74) is 1.53. The molecule has 1 saturated heterocycles. The normalized spacial score (nSPS) is 21.5. The molecule has 2 fully saturated rings. The Morgan fingerprint density at radius 3 is 2.70 bits per heavy atom. The first-order valence-corrected chi connectivity index (χ1v) is 8.63. The second-order valence-electron chi connectivity index (χ2n) is 6.16. The highest BCUT2D eigenvalue weighted by atomic mass is 32.1. The number of nitrogens with zero attached hydrogens (tertiary/aromatic N) is 1. The third kappa shape index (κ3) is 3.82. The van der Waals surface area contributed by atoms with Gasteiger partial charge in [0.05, 0.1) is 6.10 Å². The van der Waals surface area contributed by atoms with E-state index in [1.165, 1.54) is 54.1 Å². The summed E-state index contributed by atoms with van der Waals surface area (Å²) in [6, 6.07) is 3.21. The molecule has 0 amide bonds. The van der Waals surface area contributed by atoms with E-state index in [1.807, 2.05) is 18.4 Å². The van der Waals surface area contributed by atoms with Crippen molar-refractivity contribution in [2.24, 2.45) is 0 Å². The van der Waals surface area contributed by atoms with Crippen molar-refractivity contribution in [3.8, 4) is 0 Å². The largest absolute Gasteiger partial charge is 0.381 e. The van der Waals surface area contributed by atoms with E-state index in [-0.39, 0.29) is 0 Å². The molecule has 3 nitrogen and oxygen atoms in total. The van der Waals surface area contributed by atoms with Gasteiger partial charge in [0, 0.05) is 49.1 Å². The molecule has 0 unspecified atom stereocenters. The Morgan fingerprint density at radius 1 is 1.30 bits per heavy atom. The standard InChI is InChI=1S/C16H26N2OS/c1-12-13(9-16(20-12)10-17-14-3-4-14)11-18-7-5-15(19-2)6-8-18/h9,14-15,17H,3-8,10-11H2,1-2H3. The van der Waals surface area contributed by atoms with Crippen LogP contribution in [0.25, 0.3) is 0 Å². The van der Waals surface area contributed by atoms with Gasteiger partial charge in [-0.15, -0.1) is 11.3 Å². The molecule has 1 saturated carbocycles. The van der Waals surface area contributed by atoms with E-state index >= 15 is 0 Å². The van der Waals surface area contributed by atoms with Crippen LogP contribution < -0.4 is 5.32 Å². The minimum Gasteiger partial charge on any atom is -0.381 e. The highest BCUT2D eigenvalue weighted by molar-refractivity contribution is 7.12. The first-order valence-electron chi connectivity index (χ1n) is 7.81. The quantitative estimate of drug-likeness (QED) is 0.873. The number of aryl methyl sites for hydroxylation is 1. The lowest BCUT2D eigenvalue weighted by Gasteiger charge is -2.31. The van der Waals surface area contributed by atoms with Crippen molar-refractivity contribution in [3.05, 3.63) is 21.4 Å². The Balaban J connectivity index is 1.51. The molecule has 2 heterocycles. The molecule has 0 spiro atoms.